The number of amides is 1. The predicted molar refractivity (Wildman–Crippen MR) is 108 cm³/mol. The predicted octanol–water partition coefficient (Wildman–Crippen LogP) is 2.71. The highest BCUT2D eigenvalue weighted by molar-refractivity contribution is 7.17. The van der Waals surface area contributed by atoms with Crippen molar-refractivity contribution in [2.75, 3.05) is 12.4 Å². The Morgan fingerprint density at radius 1 is 1.18 bits per heavy atom. The van der Waals surface area contributed by atoms with Gasteiger partial charge in [-0.3, -0.25) is 13.9 Å². The summed E-state index contributed by atoms with van der Waals surface area (Å²) in [6.07, 6.45) is 3.82. The monoisotopic (exact) mass is 399 g/mol. The molecule has 8 heteroatoms. The van der Waals surface area contributed by atoms with Crippen LogP contribution in [0.25, 0.3) is 11.0 Å². The van der Waals surface area contributed by atoms with E-state index in [0.717, 1.165) is 41.6 Å². The number of methoxy groups -OCH3 is 1. The molecule has 0 spiro atoms. The van der Waals surface area contributed by atoms with Crippen molar-refractivity contribution in [3.63, 3.8) is 0 Å². The number of fused-ring (bicyclic) bond motifs is 2. The maximum Gasteiger partial charge on any atom is 0.341 e. The van der Waals surface area contributed by atoms with Crippen molar-refractivity contribution in [1.82, 2.24) is 9.13 Å². The van der Waals surface area contributed by atoms with Crippen molar-refractivity contribution in [3.05, 3.63) is 50.8 Å². The molecule has 146 valence electrons. The van der Waals surface area contributed by atoms with Crippen LogP contribution in [0, 0.1) is 0 Å². The number of ether oxygens (including phenoxy) is 1. The fourth-order valence-corrected chi connectivity index (χ4v) is 5.09. The van der Waals surface area contributed by atoms with Gasteiger partial charge < -0.3 is 10.1 Å². The summed E-state index contributed by atoms with van der Waals surface area (Å²) in [6, 6.07) is 7.34. The van der Waals surface area contributed by atoms with E-state index >= 15 is 0 Å². The molecular formula is C20H21N3O4S. The van der Waals surface area contributed by atoms with Crippen molar-refractivity contribution in [2.45, 2.75) is 32.2 Å². The maximum absolute atomic E-state index is 12.7. The molecule has 2 heterocycles. The third-order valence-electron chi connectivity index (χ3n) is 5.17. The number of esters is 1. The zero-order valence-electron chi connectivity index (χ0n) is 15.8. The summed E-state index contributed by atoms with van der Waals surface area (Å²) in [4.78, 5) is 38.7. The maximum atomic E-state index is 12.7. The van der Waals surface area contributed by atoms with E-state index in [-0.39, 0.29) is 18.1 Å². The van der Waals surface area contributed by atoms with Crippen molar-refractivity contribution in [1.29, 1.82) is 0 Å². The van der Waals surface area contributed by atoms with E-state index in [0.29, 0.717) is 16.1 Å². The first-order valence-electron chi connectivity index (χ1n) is 9.18. The van der Waals surface area contributed by atoms with Crippen LogP contribution in [0.1, 0.15) is 33.6 Å². The van der Waals surface area contributed by atoms with Crippen LogP contribution in [0.5, 0.6) is 0 Å². The van der Waals surface area contributed by atoms with Crippen LogP contribution < -0.4 is 11.0 Å². The number of rotatable bonds is 4. The minimum atomic E-state index is -0.433. The summed E-state index contributed by atoms with van der Waals surface area (Å²) < 4.78 is 7.90. The van der Waals surface area contributed by atoms with Crippen LogP contribution in [0.15, 0.2) is 29.1 Å². The molecule has 1 N–H and O–H groups in total. The summed E-state index contributed by atoms with van der Waals surface area (Å²) >= 11 is 1.43. The number of hydrogen-bond donors (Lipinski definition) is 1. The average Bonchev–Trinajstić information content (AvgIpc) is 3.18. The number of para-hydroxylation sites is 2. The number of nitrogens with zero attached hydrogens (tertiary/aromatic N) is 2. The largest absolute Gasteiger partial charge is 0.465 e. The number of benzene rings is 1. The second-order valence-corrected chi connectivity index (χ2v) is 7.98. The third-order valence-corrected chi connectivity index (χ3v) is 6.37. The average molecular weight is 399 g/mol. The number of nitrogens with one attached hydrogen (secondary N) is 1. The Kier molecular flexibility index (Phi) is 4.80. The number of aryl methyl sites for hydroxylation is 2. The van der Waals surface area contributed by atoms with Crippen molar-refractivity contribution in [3.8, 4) is 0 Å². The number of carbonyl (C=O) groups excluding carboxylic acids is 2. The molecule has 0 saturated heterocycles. The Bertz CT molecular complexity index is 1140. The highest BCUT2D eigenvalue weighted by Gasteiger charge is 2.27. The van der Waals surface area contributed by atoms with E-state index in [1.807, 2.05) is 24.3 Å². The van der Waals surface area contributed by atoms with Gasteiger partial charge in [0, 0.05) is 11.9 Å². The van der Waals surface area contributed by atoms with Crippen LogP contribution >= 0.6 is 11.3 Å². The number of aromatic nitrogens is 2. The lowest BCUT2D eigenvalue weighted by molar-refractivity contribution is -0.116. The number of hydrogen-bond acceptors (Lipinski definition) is 5. The fraction of sp³-hybridized carbons (Fsp3) is 0.350. The molecule has 1 aliphatic carbocycles. The van der Waals surface area contributed by atoms with Gasteiger partial charge in [-0.15, -0.1) is 11.3 Å². The topological polar surface area (TPSA) is 82.3 Å². The summed E-state index contributed by atoms with van der Waals surface area (Å²) in [5.74, 6) is -0.778. The first-order chi connectivity index (χ1) is 13.5. The Hall–Kier alpha value is -2.87. The van der Waals surface area contributed by atoms with Crippen LogP contribution in [0.3, 0.4) is 0 Å². The Morgan fingerprint density at radius 3 is 2.64 bits per heavy atom. The molecular weight excluding hydrogens is 378 g/mol. The standard InChI is InChI=1S/C20H21N3O4S/c1-22-13-8-4-5-9-14(13)23(20(22)26)11-16(24)21-18-17(19(25)27-2)12-7-3-6-10-15(12)28-18/h4-5,8-9H,3,6-7,10-11H2,1-2H3,(H,21,24). The molecule has 7 nitrogen and oxygen atoms in total. The smallest absolute Gasteiger partial charge is 0.341 e. The summed E-state index contributed by atoms with van der Waals surface area (Å²) in [5.41, 5.74) is 2.66. The Labute approximate surface area is 165 Å². The van der Waals surface area contributed by atoms with Crippen molar-refractivity contribution >= 4 is 39.2 Å². The fourth-order valence-electron chi connectivity index (χ4n) is 3.80. The van der Waals surface area contributed by atoms with E-state index in [4.69, 9.17) is 4.74 Å². The van der Waals surface area contributed by atoms with Gasteiger partial charge in [-0.1, -0.05) is 12.1 Å². The molecule has 0 fully saturated rings. The highest BCUT2D eigenvalue weighted by atomic mass is 32.1. The zero-order chi connectivity index (χ0) is 19.8. The van der Waals surface area contributed by atoms with Gasteiger partial charge in [-0.05, 0) is 43.4 Å². The molecule has 0 unspecified atom stereocenters. The van der Waals surface area contributed by atoms with E-state index in [1.54, 1.807) is 7.05 Å². The third kappa shape index (κ3) is 3.03. The Balaban J connectivity index is 1.65. The van der Waals surface area contributed by atoms with Gasteiger partial charge in [0.15, 0.2) is 0 Å². The zero-order valence-corrected chi connectivity index (χ0v) is 16.6. The lowest BCUT2D eigenvalue weighted by Gasteiger charge is -2.11. The normalized spacial score (nSPS) is 13.4. The van der Waals surface area contributed by atoms with E-state index in [2.05, 4.69) is 5.32 Å². The van der Waals surface area contributed by atoms with E-state index < -0.39 is 5.97 Å². The molecule has 0 radical (unpaired) electrons. The minimum Gasteiger partial charge on any atom is -0.465 e. The first kappa shape index (κ1) is 18.5. The van der Waals surface area contributed by atoms with Gasteiger partial charge in [-0.25, -0.2) is 9.59 Å². The highest BCUT2D eigenvalue weighted by Crippen LogP contribution is 2.38. The molecule has 1 amide bonds. The van der Waals surface area contributed by atoms with Gasteiger partial charge >= 0.3 is 11.7 Å². The van der Waals surface area contributed by atoms with Gasteiger partial charge in [0.1, 0.15) is 11.5 Å². The molecule has 1 aliphatic rings. The molecule has 1 aromatic carbocycles. The lowest BCUT2D eigenvalue weighted by atomic mass is 9.95. The minimum absolute atomic E-state index is 0.122. The molecule has 28 heavy (non-hydrogen) atoms. The summed E-state index contributed by atoms with van der Waals surface area (Å²) in [6.45, 7) is -0.122. The molecule has 0 saturated carbocycles. The molecule has 3 aromatic rings. The molecule has 4 rings (SSSR count). The second-order valence-electron chi connectivity index (χ2n) is 6.87. The van der Waals surface area contributed by atoms with E-state index in [9.17, 15) is 14.4 Å². The van der Waals surface area contributed by atoms with Gasteiger partial charge in [0.25, 0.3) is 0 Å². The van der Waals surface area contributed by atoms with Gasteiger partial charge in [0.05, 0.1) is 23.7 Å². The van der Waals surface area contributed by atoms with Crippen LogP contribution in [-0.4, -0.2) is 28.1 Å². The number of thiophene rings is 1. The number of carbonyl (C=O) groups is 2. The Morgan fingerprint density at radius 2 is 1.89 bits per heavy atom. The first-order valence-corrected chi connectivity index (χ1v) is 10.00. The second kappa shape index (κ2) is 7.27. The lowest BCUT2D eigenvalue weighted by Crippen LogP contribution is -2.28. The van der Waals surface area contributed by atoms with Gasteiger partial charge in [-0.2, -0.15) is 0 Å². The molecule has 0 aliphatic heterocycles. The summed E-state index contributed by atoms with van der Waals surface area (Å²) in [5, 5.41) is 3.35. The van der Waals surface area contributed by atoms with Crippen molar-refractivity contribution < 1.29 is 14.3 Å². The van der Waals surface area contributed by atoms with Crippen LogP contribution in [0.4, 0.5) is 5.00 Å². The van der Waals surface area contributed by atoms with Crippen LogP contribution in [-0.2, 0) is 36.0 Å². The number of anilines is 1. The van der Waals surface area contributed by atoms with Gasteiger partial charge in [0.2, 0.25) is 5.91 Å². The summed E-state index contributed by atoms with van der Waals surface area (Å²) in [7, 11) is 3.03. The van der Waals surface area contributed by atoms with Crippen LogP contribution in [0.2, 0.25) is 0 Å². The van der Waals surface area contributed by atoms with E-state index in [1.165, 1.54) is 27.6 Å². The van der Waals surface area contributed by atoms with Crippen molar-refractivity contribution in [2.24, 2.45) is 7.05 Å². The number of imidazole rings is 1. The molecule has 0 atom stereocenters. The molecule has 0 bridgehead atoms. The SMILES string of the molecule is COC(=O)c1c(NC(=O)Cn2c(=O)n(C)c3ccccc32)sc2c1CCCC2. The molecule has 2 aromatic heterocycles. The quantitative estimate of drug-likeness (QED) is 0.684.